The Kier molecular flexibility index (Phi) is 3.55. The predicted octanol–water partition coefficient (Wildman–Crippen LogP) is 1.80. The number of benzene rings is 2. The number of carbonyl (C=O) groups excluding carboxylic acids is 1. The normalized spacial score (nSPS) is 11.5. The molecule has 0 saturated carbocycles. The first-order valence-corrected chi connectivity index (χ1v) is 7.35. The SMILES string of the molecule is CN(OS(C)(=O)=O)C(=O)c1ccc2ccccc2c1. The molecular weight excluding hydrogens is 266 g/mol. The van der Waals surface area contributed by atoms with Gasteiger partial charge in [0.15, 0.2) is 0 Å². The quantitative estimate of drug-likeness (QED) is 0.804. The molecule has 0 fully saturated rings. The van der Waals surface area contributed by atoms with E-state index in [4.69, 9.17) is 0 Å². The second-order valence-corrected chi connectivity index (χ2v) is 5.70. The van der Waals surface area contributed by atoms with Crippen molar-refractivity contribution in [3.8, 4) is 0 Å². The molecule has 0 aliphatic carbocycles. The van der Waals surface area contributed by atoms with E-state index < -0.39 is 16.0 Å². The van der Waals surface area contributed by atoms with Gasteiger partial charge in [-0.2, -0.15) is 8.42 Å². The topological polar surface area (TPSA) is 63.7 Å². The number of amides is 1. The molecule has 5 nitrogen and oxygen atoms in total. The van der Waals surface area contributed by atoms with Crippen molar-refractivity contribution >= 4 is 26.8 Å². The Labute approximate surface area is 111 Å². The minimum Gasteiger partial charge on any atom is -0.267 e. The maximum Gasteiger partial charge on any atom is 0.285 e. The van der Waals surface area contributed by atoms with Crippen molar-refractivity contribution in [3.05, 3.63) is 48.0 Å². The smallest absolute Gasteiger partial charge is 0.267 e. The summed E-state index contributed by atoms with van der Waals surface area (Å²) in [6, 6.07) is 12.7. The molecule has 2 aromatic carbocycles. The van der Waals surface area contributed by atoms with E-state index in [9.17, 15) is 13.2 Å². The Hall–Kier alpha value is -1.92. The highest BCUT2D eigenvalue weighted by molar-refractivity contribution is 7.85. The highest BCUT2D eigenvalue weighted by atomic mass is 32.2. The molecule has 6 heteroatoms. The van der Waals surface area contributed by atoms with Crippen LogP contribution in [0.25, 0.3) is 10.8 Å². The number of hydrogen-bond acceptors (Lipinski definition) is 4. The molecule has 0 spiro atoms. The number of hydroxylamine groups is 2. The van der Waals surface area contributed by atoms with Gasteiger partial charge in [0.25, 0.3) is 16.0 Å². The monoisotopic (exact) mass is 279 g/mol. The molecule has 0 atom stereocenters. The zero-order valence-electron chi connectivity index (χ0n) is 10.5. The third-order valence-electron chi connectivity index (χ3n) is 2.53. The summed E-state index contributed by atoms with van der Waals surface area (Å²) in [6.45, 7) is 0. The Morgan fingerprint density at radius 1 is 1.11 bits per heavy atom. The molecule has 0 heterocycles. The Balaban J connectivity index is 2.31. The van der Waals surface area contributed by atoms with E-state index in [1.165, 1.54) is 7.05 Å². The third-order valence-corrected chi connectivity index (χ3v) is 3.02. The van der Waals surface area contributed by atoms with Crippen LogP contribution in [0, 0.1) is 0 Å². The van der Waals surface area contributed by atoms with Crippen LogP contribution in [0.3, 0.4) is 0 Å². The van der Waals surface area contributed by atoms with E-state index in [-0.39, 0.29) is 0 Å². The van der Waals surface area contributed by atoms with Gasteiger partial charge in [-0.05, 0) is 22.9 Å². The third kappa shape index (κ3) is 3.30. The van der Waals surface area contributed by atoms with Crippen molar-refractivity contribution in [1.82, 2.24) is 5.06 Å². The van der Waals surface area contributed by atoms with Gasteiger partial charge in [-0.15, -0.1) is 4.28 Å². The summed E-state index contributed by atoms with van der Waals surface area (Å²) in [5.41, 5.74) is 0.366. The number of nitrogens with zero attached hydrogens (tertiary/aromatic N) is 1. The fourth-order valence-electron chi connectivity index (χ4n) is 1.74. The average molecular weight is 279 g/mol. The van der Waals surface area contributed by atoms with E-state index in [1.54, 1.807) is 18.2 Å². The van der Waals surface area contributed by atoms with Crippen LogP contribution in [-0.4, -0.2) is 32.7 Å². The van der Waals surface area contributed by atoms with Gasteiger partial charge in [-0.1, -0.05) is 30.3 Å². The molecular formula is C13H13NO4S. The summed E-state index contributed by atoms with van der Waals surface area (Å²) < 4.78 is 26.5. The Morgan fingerprint density at radius 3 is 2.37 bits per heavy atom. The van der Waals surface area contributed by atoms with E-state index in [0.717, 1.165) is 17.0 Å². The second-order valence-electron chi connectivity index (χ2n) is 4.14. The van der Waals surface area contributed by atoms with Gasteiger partial charge in [-0.25, -0.2) is 5.06 Å². The van der Waals surface area contributed by atoms with Crippen molar-refractivity contribution < 1.29 is 17.5 Å². The summed E-state index contributed by atoms with van der Waals surface area (Å²) in [4.78, 5) is 12.0. The van der Waals surface area contributed by atoms with Gasteiger partial charge in [0, 0.05) is 12.6 Å². The lowest BCUT2D eigenvalue weighted by Crippen LogP contribution is -2.29. The zero-order valence-corrected chi connectivity index (χ0v) is 11.3. The maximum absolute atomic E-state index is 12.0. The number of fused-ring (bicyclic) bond motifs is 1. The van der Waals surface area contributed by atoms with Crippen LogP contribution in [0.15, 0.2) is 42.5 Å². The molecule has 0 radical (unpaired) electrons. The number of hydrogen-bond donors (Lipinski definition) is 0. The second kappa shape index (κ2) is 4.99. The zero-order chi connectivity index (χ0) is 14.0. The molecule has 0 aliphatic rings. The summed E-state index contributed by atoms with van der Waals surface area (Å²) in [5.74, 6) is -0.517. The molecule has 0 aromatic heterocycles. The van der Waals surface area contributed by atoms with E-state index in [1.807, 2.05) is 24.3 Å². The van der Waals surface area contributed by atoms with Crippen molar-refractivity contribution in [2.45, 2.75) is 0 Å². The van der Waals surface area contributed by atoms with Gasteiger partial charge in [-0.3, -0.25) is 4.79 Å². The number of carbonyl (C=O) groups is 1. The summed E-state index contributed by atoms with van der Waals surface area (Å²) >= 11 is 0. The highest BCUT2D eigenvalue weighted by Gasteiger charge is 2.17. The van der Waals surface area contributed by atoms with Gasteiger partial charge in [0.05, 0.1) is 6.26 Å². The van der Waals surface area contributed by atoms with E-state index >= 15 is 0 Å². The Morgan fingerprint density at radius 2 is 1.74 bits per heavy atom. The molecule has 1 amide bonds. The van der Waals surface area contributed by atoms with Crippen molar-refractivity contribution in [1.29, 1.82) is 0 Å². The van der Waals surface area contributed by atoms with E-state index in [0.29, 0.717) is 10.6 Å². The van der Waals surface area contributed by atoms with Crippen molar-refractivity contribution in [2.75, 3.05) is 13.3 Å². The summed E-state index contributed by atoms with van der Waals surface area (Å²) in [5, 5.41) is 2.62. The first-order chi connectivity index (χ1) is 8.87. The molecule has 0 unspecified atom stereocenters. The van der Waals surface area contributed by atoms with Crippen LogP contribution in [0.5, 0.6) is 0 Å². The first kappa shape index (κ1) is 13.5. The standard InChI is InChI=1S/C13H13NO4S/c1-14(18-19(2,16)17)13(15)12-8-7-10-5-3-4-6-11(10)9-12/h3-9H,1-2H3. The minimum absolute atomic E-state index is 0.366. The van der Waals surface area contributed by atoms with Crippen LogP contribution in [-0.2, 0) is 14.4 Å². The molecule has 0 aliphatic heterocycles. The molecule has 19 heavy (non-hydrogen) atoms. The van der Waals surface area contributed by atoms with Crippen molar-refractivity contribution in [2.24, 2.45) is 0 Å². The van der Waals surface area contributed by atoms with Crippen molar-refractivity contribution in [3.63, 3.8) is 0 Å². The van der Waals surface area contributed by atoms with Gasteiger partial charge in [0.1, 0.15) is 0 Å². The molecule has 2 aromatic rings. The lowest BCUT2D eigenvalue weighted by molar-refractivity contribution is -0.00806. The highest BCUT2D eigenvalue weighted by Crippen LogP contribution is 2.16. The largest absolute Gasteiger partial charge is 0.285 e. The van der Waals surface area contributed by atoms with Gasteiger partial charge < -0.3 is 0 Å². The maximum atomic E-state index is 12.0. The average Bonchev–Trinajstić information content (AvgIpc) is 2.35. The lowest BCUT2D eigenvalue weighted by Gasteiger charge is -2.14. The fourth-order valence-corrected chi connectivity index (χ4v) is 2.21. The summed E-state index contributed by atoms with van der Waals surface area (Å²) in [6.07, 6.45) is 0.886. The van der Waals surface area contributed by atoms with Gasteiger partial charge in [0.2, 0.25) is 0 Å². The molecule has 100 valence electrons. The summed E-state index contributed by atoms with van der Waals surface area (Å²) in [7, 11) is -2.45. The van der Waals surface area contributed by atoms with Crippen LogP contribution < -0.4 is 0 Å². The minimum atomic E-state index is -3.71. The molecule has 0 saturated heterocycles. The molecule has 0 bridgehead atoms. The van der Waals surface area contributed by atoms with Crippen LogP contribution in [0.1, 0.15) is 10.4 Å². The predicted molar refractivity (Wildman–Crippen MR) is 72.0 cm³/mol. The fraction of sp³-hybridized carbons (Fsp3) is 0.154. The van der Waals surface area contributed by atoms with Crippen LogP contribution >= 0.6 is 0 Å². The molecule has 2 rings (SSSR count). The van der Waals surface area contributed by atoms with Crippen LogP contribution in [0.2, 0.25) is 0 Å². The Bertz CT molecular complexity index is 724. The lowest BCUT2D eigenvalue weighted by atomic mass is 10.1. The van der Waals surface area contributed by atoms with Crippen LogP contribution in [0.4, 0.5) is 0 Å². The number of rotatable bonds is 3. The first-order valence-electron chi connectivity index (χ1n) is 5.53. The molecule has 0 N–H and O–H groups in total. The van der Waals surface area contributed by atoms with E-state index in [2.05, 4.69) is 4.28 Å². The van der Waals surface area contributed by atoms with Gasteiger partial charge >= 0.3 is 0 Å².